The molecule has 5 unspecified atom stereocenters. The lowest BCUT2D eigenvalue weighted by atomic mass is 9.67. The standard InChI is InChI=1S/C13H18O3.C2H6/c1-7-11-10(13(15)16-7)6-8-4-2-3-5-9(8)12(11)14;1-2/h6-7,9-12,14H,2-5H2,1H3;1-2H3. The number of rotatable bonds is 0. The molecule has 3 nitrogen and oxygen atoms in total. The molecule has 1 saturated heterocycles. The van der Waals surface area contributed by atoms with E-state index in [0.717, 1.165) is 12.8 Å². The molecule has 1 heterocycles. The van der Waals surface area contributed by atoms with Crippen LogP contribution in [-0.4, -0.2) is 23.3 Å². The monoisotopic (exact) mass is 252 g/mol. The van der Waals surface area contributed by atoms with Gasteiger partial charge in [0.2, 0.25) is 0 Å². The van der Waals surface area contributed by atoms with Crippen LogP contribution in [0.5, 0.6) is 0 Å². The van der Waals surface area contributed by atoms with Crippen LogP contribution in [0.15, 0.2) is 11.6 Å². The van der Waals surface area contributed by atoms with Gasteiger partial charge in [0.15, 0.2) is 0 Å². The molecule has 0 aromatic carbocycles. The van der Waals surface area contributed by atoms with Crippen molar-refractivity contribution in [2.45, 2.75) is 58.7 Å². The molecule has 3 aliphatic rings. The highest BCUT2D eigenvalue weighted by Crippen LogP contribution is 2.46. The molecule has 102 valence electrons. The Morgan fingerprint density at radius 2 is 2.06 bits per heavy atom. The fourth-order valence-corrected chi connectivity index (χ4v) is 3.62. The summed E-state index contributed by atoms with van der Waals surface area (Å²) in [5, 5.41) is 10.4. The van der Waals surface area contributed by atoms with Crippen LogP contribution in [0.3, 0.4) is 0 Å². The molecule has 18 heavy (non-hydrogen) atoms. The third-order valence-electron chi connectivity index (χ3n) is 4.44. The lowest BCUT2D eigenvalue weighted by molar-refractivity contribution is -0.142. The Bertz CT molecular complexity index is 348. The zero-order valence-corrected chi connectivity index (χ0v) is 11.6. The van der Waals surface area contributed by atoms with E-state index in [1.54, 1.807) is 0 Å². The van der Waals surface area contributed by atoms with Crippen molar-refractivity contribution in [2.24, 2.45) is 17.8 Å². The van der Waals surface area contributed by atoms with Crippen molar-refractivity contribution < 1.29 is 14.6 Å². The van der Waals surface area contributed by atoms with Gasteiger partial charge in [0, 0.05) is 11.8 Å². The van der Waals surface area contributed by atoms with Crippen LogP contribution in [0.25, 0.3) is 0 Å². The fraction of sp³-hybridized carbons (Fsp3) is 0.800. The molecule has 2 aliphatic carbocycles. The summed E-state index contributed by atoms with van der Waals surface area (Å²) in [5.41, 5.74) is 1.30. The van der Waals surface area contributed by atoms with Gasteiger partial charge in [-0.2, -0.15) is 0 Å². The largest absolute Gasteiger partial charge is 0.462 e. The average molecular weight is 252 g/mol. The second-order valence-corrected chi connectivity index (χ2v) is 5.33. The first-order chi connectivity index (χ1) is 8.68. The fourth-order valence-electron chi connectivity index (χ4n) is 3.62. The molecule has 0 aromatic rings. The Morgan fingerprint density at radius 1 is 1.33 bits per heavy atom. The molecular formula is C15H24O3. The number of hydrogen-bond acceptors (Lipinski definition) is 3. The molecule has 0 radical (unpaired) electrons. The summed E-state index contributed by atoms with van der Waals surface area (Å²) in [4.78, 5) is 11.7. The summed E-state index contributed by atoms with van der Waals surface area (Å²) in [6.45, 7) is 5.90. The molecule has 3 heteroatoms. The lowest BCUT2D eigenvalue weighted by Crippen LogP contribution is -2.42. The maximum Gasteiger partial charge on any atom is 0.313 e. The summed E-state index contributed by atoms with van der Waals surface area (Å²) in [5.74, 6) is -0.0614. The first-order valence-corrected chi connectivity index (χ1v) is 7.27. The number of aliphatic hydroxyl groups is 1. The number of carbonyl (C=O) groups is 1. The minimum Gasteiger partial charge on any atom is -0.462 e. The molecule has 3 rings (SSSR count). The van der Waals surface area contributed by atoms with Crippen molar-refractivity contribution in [3.05, 3.63) is 11.6 Å². The van der Waals surface area contributed by atoms with Gasteiger partial charge in [0.05, 0.1) is 12.0 Å². The molecular weight excluding hydrogens is 228 g/mol. The van der Waals surface area contributed by atoms with E-state index in [1.165, 1.54) is 18.4 Å². The smallest absolute Gasteiger partial charge is 0.313 e. The predicted molar refractivity (Wildman–Crippen MR) is 69.9 cm³/mol. The van der Waals surface area contributed by atoms with Crippen molar-refractivity contribution in [3.8, 4) is 0 Å². The van der Waals surface area contributed by atoms with Crippen LogP contribution >= 0.6 is 0 Å². The zero-order chi connectivity index (χ0) is 13.3. The number of aliphatic hydroxyl groups excluding tert-OH is 1. The number of cyclic esters (lactones) is 1. The van der Waals surface area contributed by atoms with Crippen molar-refractivity contribution in [3.63, 3.8) is 0 Å². The summed E-state index contributed by atoms with van der Waals surface area (Å²) >= 11 is 0. The molecule has 5 atom stereocenters. The van der Waals surface area contributed by atoms with Crippen LogP contribution in [0.4, 0.5) is 0 Å². The van der Waals surface area contributed by atoms with Gasteiger partial charge in [-0.05, 0) is 26.2 Å². The average Bonchev–Trinajstić information content (AvgIpc) is 2.68. The molecule has 0 amide bonds. The Balaban J connectivity index is 0.000000574. The van der Waals surface area contributed by atoms with Gasteiger partial charge in [-0.3, -0.25) is 4.79 Å². The third kappa shape index (κ3) is 2.09. The van der Waals surface area contributed by atoms with Gasteiger partial charge in [-0.25, -0.2) is 0 Å². The van der Waals surface area contributed by atoms with E-state index in [-0.39, 0.29) is 35.9 Å². The van der Waals surface area contributed by atoms with Gasteiger partial charge in [-0.15, -0.1) is 0 Å². The lowest BCUT2D eigenvalue weighted by Gasteiger charge is -2.38. The number of fused-ring (bicyclic) bond motifs is 2. The minimum absolute atomic E-state index is 0.0145. The number of esters is 1. The minimum atomic E-state index is -0.383. The van der Waals surface area contributed by atoms with Crippen molar-refractivity contribution in [1.29, 1.82) is 0 Å². The first-order valence-electron chi connectivity index (χ1n) is 7.27. The van der Waals surface area contributed by atoms with Crippen LogP contribution in [0, 0.1) is 17.8 Å². The maximum absolute atomic E-state index is 11.7. The first kappa shape index (κ1) is 13.6. The topological polar surface area (TPSA) is 46.5 Å². The van der Waals surface area contributed by atoms with E-state index < -0.39 is 0 Å². The highest BCUT2D eigenvalue weighted by molar-refractivity contribution is 5.78. The van der Waals surface area contributed by atoms with Crippen LogP contribution < -0.4 is 0 Å². The van der Waals surface area contributed by atoms with E-state index in [0.29, 0.717) is 0 Å². The van der Waals surface area contributed by atoms with Crippen LogP contribution in [0.2, 0.25) is 0 Å². The summed E-state index contributed by atoms with van der Waals surface area (Å²) in [6, 6.07) is 0. The van der Waals surface area contributed by atoms with E-state index in [1.807, 2.05) is 20.8 Å². The normalized spacial score (nSPS) is 41.9. The van der Waals surface area contributed by atoms with Crippen molar-refractivity contribution >= 4 is 5.97 Å². The zero-order valence-electron chi connectivity index (χ0n) is 11.6. The van der Waals surface area contributed by atoms with Gasteiger partial charge in [0.1, 0.15) is 6.10 Å². The summed E-state index contributed by atoms with van der Waals surface area (Å²) in [7, 11) is 0. The Labute approximate surface area is 109 Å². The molecule has 0 aromatic heterocycles. The van der Waals surface area contributed by atoms with Gasteiger partial charge < -0.3 is 9.84 Å². The van der Waals surface area contributed by atoms with Crippen LogP contribution in [0.1, 0.15) is 46.5 Å². The molecule has 2 fully saturated rings. The SMILES string of the molecule is CC.CC1OC(=O)C2C=C3CCCCC3C(O)C12. The van der Waals surface area contributed by atoms with Gasteiger partial charge in [0.25, 0.3) is 0 Å². The Kier molecular flexibility index (Phi) is 4.10. The molecule has 1 N–H and O–H groups in total. The predicted octanol–water partition coefficient (Wildman–Crippen LogP) is 2.68. The number of ether oxygens (including phenoxy) is 1. The third-order valence-corrected chi connectivity index (χ3v) is 4.44. The molecule has 1 saturated carbocycles. The summed E-state index contributed by atoms with van der Waals surface area (Å²) < 4.78 is 5.24. The summed E-state index contributed by atoms with van der Waals surface area (Å²) in [6.07, 6.45) is 6.08. The number of carbonyl (C=O) groups excluding carboxylic acids is 1. The second-order valence-electron chi connectivity index (χ2n) is 5.33. The molecule has 0 bridgehead atoms. The van der Waals surface area contributed by atoms with Crippen LogP contribution in [-0.2, 0) is 9.53 Å². The highest BCUT2D eigenvalue weighted by Gasteiger charge is 2.50. The number of hydrogen-bond donors (Lipinski definition) is 1. The molecule has 0 spiro atoms. The molecule has 1 aliphatic heterocycles. The van der Waals surface area contributed by atoms with Crippen molar-refractivity contribution in [2.75, 3.05) is 0 Å². The Hall–Kier alpha value is -0.830. The maximum atomic E-state index is 11.7. The van der Waals surface area contributed by atoms with E-state index in [4.69, 9.17) is 4.74 Å². The van der Waals surface area contributed by atoms with Gasteiger partial charge in [-0.1, -0.05) is 31.9 Å². The van der Waals surface area contributed by atoms with Crippen molar-refractivity contribution in [1.82, 2.24) is 0 Å². The second kappa shape index (κ2) is 5.43. The highest BCUT2D eigenvalue weighted by atomic mass is 16.6. The van der Waals surface area contributed by atoms with E-state index in [9.17, 15) is 9.90 Å². The Morgan fingerprint density at radius 3 is 2.78 bits per heavy atom. The van der Waals surface area contributed by atoms with E-state index in [2.05, 4.69) is 6.08 Å². The van der Waals surface area contributed by atoms with Gasteiger partial charge >= 0.3 is 5.97 Å². The quantitative estimate of drug-likeness (QED) is 0.532. The van der Waals surface area contributed by atoms with E-state index >= 15 is 0 Å².